The Hall–Kier alpha value is -1.82. The van der Waals surface area contributed by atoms with Crippen molar-refractivity contribution in [3.8, 4) is 11.5 Å². The van der Waals surface area contributed by atoms with E-state index in [1.807, 2.05) is 24.3 Å². The van der Waals surface area contributed by atoms with Gasteiger partial charge in [-0.05, 0) is 31.3 Å². The maximum atomic E-state index is 11.9. The summed E-state index contributed by atoms with van der Waals surface area (Å²) in [4.78, 5) is 13.5. The molecule has 1 aromatic carbocycles. The molecule has 2 aliphatic heterocycles. The van der Waals surface area contributed by atoms with Crippen molar-refractivity contribution in [2.24, 2.45) is 0 Å². The number of para-hydroxylation sites is 2. The quantitative estimate of drug-likeness (QED) is 0.816. The van der Waals surface area contributed by atoms with Crippen molar-refractivity contribution in [3.05, 3.63) is 24.3 Å². The maximum Gasteiger partial charge on any atom is 0.251 e. The van der Waals surface area contributed by atoms with E-state index in [-0.39, 0.29) is 18.1 Å². The predicted molar refractivity (Wildman–Crippen MR) is 73.3 cm³/mol. The molecule has 5 nitrogen and oxygen atoms in total. The van der Waals surface area contributed by atoms with Gasteiger partial charge in [0.1, 0.15) is 12.6 Å². The molecule has 3 rings (SSSR count). The number of hydrogen-bond donors (Lipinski definition) is 1. The largest absolute Gasteiger partial charge is 0.486 e. The van der Waals surface area contributed by atoms with E-state index in [9.17, 15) is 4.79 Å². The standard InChI is InChI=1S/C13H14N2O3S/c1-8-12(16)15(13(19)14-8)6-9-7-17-10-4-2-3-5-11(10)18-9/h2-5,8-9H,6-7H2,1H3,(H,14,19)/t8-,9-/m1/s1. The summed E-state index contributed by atoms with van der Waals surface area (Å²) in [6.45, 7) is 2.61. The van der Waals surface area contributed by atoms with Crippen molar-refractivity contribution in [1.82, 2.24) is 10.2 Å². The molecule has 1 aromatic rings. The molecular formula is C13H14N2O3S. The molecule has 2 atom stereocenters. The van der Waals surface area contributed by atoms with Gasteiger partial charge in [-0.25, -0.2) is 0 Å². The number of hydrogen-bond acceptors (Lipinski definition) is 4. The van der Waals surface area contributed by atoms with Gasteiger partial charge in [-0.1, -0.05) is 12.1 Å². The fourth-order valence-electron chi connectivity index (χ4n) is 2.19. The lowest BCUT2D eigenvalue weighted by molar-refractivity contribution is -0.127. The molecule has 2 heterocycles. The first-order chi connectivity index (χ1) is 9.15. The smallest absolute Gasteiger partial charge is 0.251 e. The molecule has 1 amide bonds. The van der Waals surface area contributed by atoms with Crippen LogP contribution in [-0.2, 0) is 4.79 Å². The van der Waals surface area contributed by atoms with E-state index >= 15 is 0 Å². The van der Waals surface area contributed by atoms with Crippen LogP contribution in [0.1, 0.15) is 6.92 Å². The summed E-state index contributed by atoms with van der Waals surface area (Å²) in [5.41, 5.74) is 0. The van der Waals surface area contributed by atoms with Gasteiger partial charge in [0.05, 0.1) is 6.54 Å². The molecule has 1 N–H and O–H groups in total. The first-order valence-corrected chi connectivity index (χ1v) is 6.56. The molecule has 0 spiro atoms. The molecular weight excluding hydrogens is 264 g/mol. The van der Waals surface area contributed by atoms with Gasteiger partial charge in [0, 0.05) is 0 Å². The van der Waals surface area contributed by atoms with Crippen LogP contribution in [0.5, 0.6) is 11.5 Å². The summed E-state index contributed by atoms with van der Waals surface area (Å²) in [7, 11) is 0. The Kier molecular flexibility index (Phi) is 3.02. The van der Waals surface area contributed by atoms with Crippen molar-refractivity contribution in [1.29, 1.82) is 0 Å². The normalized spacial score (nSPS) is 25.4. The minimum Gasteiger partial charge on any atom is -0.486 e. The Morgan fingerprint density at radius 1 is 1.42 bits per heavy atom. The molecule has 2 aliphatic rings. The highest BCUT2D eigenvalue weighted by Gasteiger charge is 2.35. The summed E-state index contributed by atoms with van der Waals surface area (Å²) in [6, 6.07) is 7.24. The number of benzene rings is 1. The van der Waals surface area contributed by atoms with E-state index in [0.29, 0.717) is 24.0 Å². The van der Waals surface area contributed by atoms with Crippen LogP contribution in [0.2, 0.25) is 0 Å². The van der Waals surface area contributed by atoms with E-state index in [2.05, 4.69) is 5.32 Å². The van der Waals surface area contributed by atoms with Gasteiger partial charge in [-0.3, -0.25) is 9.69 Å². The van der Waals surface area contributed by atoms with Crippen LogP contribution >= 0.6 is 12.2 Å². The first-order valence-electron chi connectivity index (χ1n) is 6.15. The van der Waals surface area contributed by atoms with E-state index in [1.165, 1.54) is 0 Å². The molecule has 6 heteroatoms. The number of thiocarbonyl (C=S) groups is 1. The summed E-state index contributed by atoms with van der Waals surface area (Å²) in [5.74, 6) is 1.42. The van der Waals surface area contributed by atoms with Crippen LogP contribution in [0.15, 0.2) is 24.3 Å². The number of ether oxygens (including phenoxy) is 2. The fraction of sp³-hybridized carbons (Fsp3) is 0.385. The van der Waals surface area contributed by atoms with Crippen LogP contribution in [0.25, 0.3) is 0 Å². The van der Waals surface area contributed by atoms with Crippen LogP contribution in [0, 0.1) is 0 Å². The van der Waals surface area contributed by atoms with E-state index in [1.54, 1.807) is 11.8 Å². The number of amides is 1. The molecule has 1 fully saturated rings. The number of carbonyl (C=O) groups is 1. The van der Waals surface area contributed by atoms with Gasteiger partial charge in [-0.2, -0.15) is 0 Å². The zero-order valence-electron chi connectivity index (χ0n) is 10.5. The average Bonchev–Trinajstić information content (AvgIpc) is 2.65. The molecule has 100 valence electrons. The minimum absolute atomic E-state index is 0.0209. The maximum absolute atomic E-state index is 11.9. The Morgan fingerprint density at radius 2 is 2.16 bits per heavy atom. The van der Waals surface area contributed by atoms with Crippen molar-refractivity contribution in [2.75, 3.05) is 13.2 Å². The summed E-state index contributed by atoms with van der Waals surface area (Å²) < 4.78 is 11.4. The highest BCUT2D eigenvalue weighted by atomic mass is 32.1. The van der Waals surface area contributed by atoms with E-state index in [0.717, 1.165) is 5.75 Å². The highest BCUT2D eigenvalue weighted by Crippen LogP contribution is 2.31. The van der Waals surface area contributed by atoms with Crippen LogP contribution in [0.4, 0.5) is 0 Å². The molecule has 1 saturated heterocycles. The number of nitrogens with one attached hydrogen (secondary N) is 1. The Labute approximate surface area is 116 Å². The Balaban J connectivity index is 1.70. The van der Waals surface area contributed by atoms with Crippen LogP contribution in [0.3, 0.4) is 0 Å². The van der Waals surface area contributed by atoms with Gasteiger partial charge in [0.25, 0.3) is 5.91 Å². The lowest BCUT2D eigenvalue weighted by Gasteiger charge is -2.29. The Morgan fingerprint density at radius 3 is 2.84 bits per heavy atom. The summed E-state index contributed by atoms with van der Waals surface area (Å²) in [5, 5.41) is 3.40. The third kappa shape index (κ3) is 2.23. The second kappa shape index (κ2) is 4.70. The predicted octanol–water partition coefficient (Wildman–Crippen LogP) is 0.932. The molecule has 0 saturated carbocycles. The van der Waals surface area contributed by atoms with E-state index < -0.39 is 0 Å². The molecule has 0 unspecified atom stereocenters. The summed E-state index contributed by atoms with van der Waals surface area (Å²) >= 11 is 5.14. The van der Waals surface area contributed by atoms with Gasteiger partial charge >= 0.3 is 0 Å². The van der Waals surface area contributed by atoms with Gasteiger partial charge < -0.3 is 14.8 Å². The van der Waals surface area contributed by atoms with Gasteiger partial charge in [-0.15, -0.1) is 0 Å². The monoisotopic (exact) mass is 278 g/mol. The van der Waals surface area contributed by atoms with Gasteiger partial charge in [0.15, 0.2) is 22.7 Å². The van der Waals surface area contributed by atoms with Crippen molar-refractivity contribution >= 4 is 23.2 Å². The zero-order chi connectivity index (χ0) is 13.4. The van der Waals surface area contributed by atoms with Crippen molar-refractivity contribution in [3.63, 3.8) is 0 Å². The zero-order valence-corrected chi connectivity index (χ0v) is 11.3. The second-order valence-electron chi connectivity index (χ2n) is 4.62. The van der Waals surface area contributed by atoms with Gasteiger partial charge in [0.2, 0.25) is 0 Å². The average molecular weight is 278 g/mol. The van der Waals surface area contributed by atoms with Crippen molar-refractivity contribution < 1.29 is 14.3 Å². The second-order valence-corrected chi connectivity index (χ2v) is 5.00. The number of fused-ring (bicyclic) bond motifs is 1. The number of nitrogens with zero attached hydrogens (tertiary/aromatic N) is 1. The lowest BCUT2D eigenvalue weighted by Crippen LogP contribution is -2.43. The third-order valence-electron chi connectivity index (χ3n) is 3.18. The fourth-order valence-corrected chi connectivity index (χ4v) is 2.53. The van der Waals surface area contributed by atoms with Crippen LogP contribution < -0.4 is 14.8 Å². The third-order valence-corrected chi connectivity index (χ3v) is 3.51. The molecule has 0 bridgehead atoms. The number of carbonyl (C=O) groups excluding carboxylic acids is 1. The molecule has 0 radical (unpaired) electrons. The topological polar surface area (TPSA) is 50.8 Å². The number of rotatable bonds is 2. The minimum atomic E-state index is -0.260. The summed E-state index contributed by atoms with van der Waals surface area (Å²) in [6.07, 6.45) is -0.205. The molecule has 19 heavy (non-hydrogen) atoms. The Bertz CT molecular complexity index is 534. The SMILES string of the molecule is C[C@H]1NC(=S)N(C[C@@H]2COc3ccccc3O2)C1=O. The highest BCUT2D eigenvalue weighted by molar-refractivity contribution is 7.80. The molecule has 0 aromatic heterocycles. The lowest BCUT2D eigenvalue weighted by atomic mass is 10.2. The first kappa shape index (κ1) is 12.2. The molecule has 0 aliphatic carbocycles. The van der Waals surface area contributed by atoms with Crippen molar-refractivity contribution in [2.45, 2.75) is 19.1 Å². The van der Waals surface area contributed by atoms with E-state index in [4.69, 9.17) is 21.7 Å². The van der Waals surface area contributed by atoms with Crippen LogP contribution in [-0.4, -0.2) is 41.2 Å².